The Labute approximate surface area is 163 Å². The van der Waals surface area contributed by atoms with Gasteiger partial charge in [-0.15, -0.1) is 10.2 Å². The number of amides is 2. The van der Waals surface area contributed by atoms with E-state index in [9.17, 15) is 9.59 Å². The summed E-state index contributed by atoms with van der Waals surface area (Å²) in [6.07, 6.45) is 5.04. The number of methoxy groups -OCH3 is 1. The minimum atomic E-state index is -0.193. The Bertz CT molecular complexity index is 778. The summed E-state index contributed by atoms with van der Waals surface area (Å²) in [5.41, 5.74) is 1.08. The summed E-state index contributed by atoms with van der Waals surface area (Å²) in [6, 6.07) is 5.07. The number of aryl methyl sites for hydroxylation is 1. The van der Waals surface area contributed by atoms with Crippen molar-refractivity contribution in [1.82, 2.24) is 14.8 Å². The maximum Gasteiger partial charge on any atom is 0.234 e. The minimum Gasteiger partial charge on any atom is -0.495 e. The normalized spacial score (nSPS) is 10.5. The zero-order valence-corrected chi connectivity index (χ0v) is 16.6. The van der Waals surface area contributed by atoms with E-state index in [0.717, 1.165) is 31.0 Å². The highest BCUT2D eigenvalue weighted by molar-refractivity contribution is 7.99. The smallest absolute Gasteiger partial charge is 0.234 e. The zero-order valence-electron chi connectivity index (χ0n) is 15.8. The number of hydrogen-bond donors (Lipinski definition) is 2. The number of unbranched alkanes of at least 4 members (excludes halogenated alkanes) is 2. The van der Waals surface area contributed by atoms with E-state index in [4.69, 9.17) is 4.74 Å². The Hall–Kier alpha value is -2.55. The number of carbonyl (C=O) groups is 2. The van der Waals surface area contributed by atoms with Crippen molar-refractivity contribution >= 4 is 35.0 Å². The predicted molar refractivity (Wildman–Crippen MR) is 106 cm³/mol. The van der Waals surface area contributed by atoms with E-state index in [1.54, 1.807) is 24.5 Å². The fraction of sp³-hybridized carbons (Fsp3) is 0.444. The van der Waals surface area contributed by atoms with Crippen molar-refractivity contribution in [3.63, 3.8) is 0 Å². The Morgan fingerprint density at radius 3 is 2.78 bits per heavy atom. The fourth-order valence-electron chi connectivity index (χ4n) is 2.44. The second-order valence-corrected chi connectivity index (χ2v) is 6.89. The number of nitrogens with zero attached hydrogens (tertiary/aromatic N) is 3. The summed E-state index contributed by atoms with van der Waals surface area (Å²) in [7, 11) is 1.52. The molecule has 9 heteroatoms. The second-order valence-electron chi connectivity index (χ2n) is 5.95. The van der Waals surface area contributed by atoms with E-state index in [2.05, 4.69) is 27.8 Å². The van der Waals surface area contributed by atoms with E-state index in [-0.39, 0.29) is 17.6 Å². The van der Waals surface area contributed by atoms with Gasteiger partial charge in [0, 0.05) is 19.2 Å². The van der Waals surface area contributed by atoms with Crippen LogP contribution in [0.25, 0.3) is 0 Å². The van der Waals surface area contributed by atoms with Gasteiger partial charge >= 0.3 is 0 Å². The first-order valence-electron chi connectivity index (χ1n) is 8.79. The molecule has 2 N–H and O–H groups in total. The monoisotopic (exact) mass is 391 g/mol. The number of benzene rings is 1. The molecule has 0 atom stereocenters. The van der Waals surface area contributed by atoms with Crippen LogP contribution in [0.15, 0.2) is 29.7 Å². The van der Waals surface area contributed by atoms with Crippen LogP contribution in [0, 0.1) is 0 Å². The number of nitrogens with one attached hydrogen (secondary N) is 2. The molecule has 2 aromatic rings. The third-order valence-corrected chi connectivity index (χ3v) is 4.69. The van der Waals surface area contributed by atoms with Gasteiger partial charge in [0.25, 0.3) is 0 Å². The van der Waals surface area contributed by atoms with Gasteiger partial charge in [-0.2, -0.15) is 0 Å². The van der Waals surface area contributed by atoms with Crippen molar-refractivity contribution in [1.29, 1.82) is 0 Å². The van der Waals surface area contributed by atoms with Gasteiger partial charge < -0.3 is 19.9 Å². The predicted octanol–water partition coefficient (Wildman–Crippen LogP) is 3.17. The van der Waals surface area contributed by atoms with Crippen molar-refractivity contribution < 1.29 is 14.3 Å². The molecule has 1 aromatic heterocycles. The lowest BCUT2D eigenvalue weighted by Crippen LogP contribution is -2.16. The van der Waals surface area contributed by atoms with Crippen LogP contribution in [0.3, 0.4) is 0 Å². The molecule has 0 aliphatic heterocycles. The third kappa shape index (κ3) is 6.59. The lowest BCUT2D eigenvalue weighted by atomic mass is 10.2. The van der Waals surface area contributed by atoms with Crippen LogP contribution in [0.1, 0.15) is 33.1 Å². The van der Waals surface area contributed by atoms with Crippen molar-refractivity contribution in [3.05, 3.63) is 24.5 Å². The van der Waals surface area contributed by atoms with Gasteiger partial charge in [0.2, 0.25) is 11.8 Å². The average Bonchev–Trinajstić information content (AvgIpc) is 3.07. The lowest BCUT2D eigenvalue weighted by Gasteiger charge is -2.12. The molecule has 0 bridgehead atoms. The molecule has 0 aliphatic carbocycles. The minimum absolute atomic E-state index is 0.185. The molecule has 0 fully saturated rings. The Morgan fingerprint density at radius 1 is 1.26 bits per heavy atom. The molecule has 0 spiro atoms. The highest BCUT2D eigenvalue weighted by Crippen LogP contribution is 2.28. The molecule has 0 saturated carbocycles. The largest absolute Gasteiger partial charge is 0.495 e. The van der Waals surface area contributed by atoms with Crippen LogP contribution in [-0.2, 0) is 16.1 Å². The molecule has 27 heavy (non-hydrogen) atoms. The summed E-state index contributed by atoms with van der Waals surface area (Å²) in [5.74, 6) is 0.335. The number of carbonyl (C=O) groups excluding carboxylic acids is 2. The molecule has 0 unspecified atom stereocenters. The fourth-order valence-corrected chi connectivity index (χ4v) is 3.19. The highest BCUT2D eigenvalue weighted by Gasteiger charge is 2.12. The molecule has 0 aliphatic rings. The van der Waals surface area contributed by atoms with Crippen LogP contribution < -0.4 is 15.4 Å². The molecule has 0 radical (unpaired) electrons. The first-order chi connectivity index (χ1) is 13.0. The van der Waals surface area contributed by atoms with Crippen molar-refractivity contribution in [2.75, 3.05) is 23.5 Å². The van der Waals surface area contributed by atoms with Crippen LogP contribution in [-0.4, -0.2) is 39.4 Å². The first-order valence-corrected chi connectivity index (χ1v) is 9.78. The van der Waals surface area contributed by atoms with Gasteiger partial charge in [-0.25, -0.2) is 0 Å². The van der Waals surface area contributed by atoms with Gasteiger partial charge in [0.15, 0.2) is 5.16 Å². The number of ether oxygens (including phenoxy) is 1. The van der Waals surface area contributed by atoms with Crippen molar-refractivity contribution in [3.8, 4) is 5.75 Å². The third-order valence-electron chi connectivity index (χ3n) is 3.71. The molecule has 2 rings (SSSR count). The van der Waals surface area contributed by atoms with Crippen molar-refractivity contribution in [2.24, 2.45) is 0 Å². The van der Waals surface area contributed by atoms with Gasteiger partial charge in [-0.3, -0.25) is 9.59 Å². The molecule has 1 heterocycles. The number of aromatic nitrogens is 3. The molecular formula is C18H25N5O3S. The van der Waals surface area contributed by atoms with Crippen LogP contribution in [0.5, 0.6) is 5.75 Å². The number of rotatable bonds is 10. The molecule has 0 saturated heterocycles. The summed E-state index contributed by atoms with van der Waals surface area (Å²) in [6.45, 7) is 4.43. The maximum atomic E-state index is 12.3. The van der Waals surface area contributed by atoms with E-state index < -0.39 is 0 Å². The maximum absolute atomic E-state index is 12.3. The quantitative estimate of drug-likeness (QED) is 0.477. The highest BCUT2D eigenvalue weighted by atomic mass is 32.2. The first kappa shape index (κ1) is 20.8. The second kappa shape index (κ2) is 10.6. The lowest BCUT2D eigenvalue weighted by molar-refractivity contribution is -0.114. The summed E-state index contributed by atoms with van der Waals surface area (Å²) < 4.78 is 7.23. The van der Waals surface area contributed by atoms with E-state index >= 15 is 0 Å². The average molecular weight is 391 g/mol. The molecule has 1 aromatic carbocycles. The standard InChI is InChI=1S/C18H25N5O3S/c1-4-5-6-9-23-12-19-22-18(23)27-11-17(25)21-15-10-14(20-13(2)24)7-8-16(15)26-3/h7-8,10,12H,4-6,9,11H2,1-3H3,(H,20,24)(H,21,25). The zero-order chi connectivity index (χ0) is 19.6. The molecule has 2 amide bonds. The molecule has 8 nitrogen and oxygen atoms in total. The van der Waals surface area contributed by atoms with E-state index in [1.165, 1.54) is 25.8 Å². The molecule has 146 valence electrons. The van der Waals surface area contributed by atoms with Crippen molar-refractivity contribution in [2.45, 2.75) is 44.8 Å². The van der Waals surface area contributed by atoms with Gasteiger partial charge in [0.1, 0.15) is 12.1 Å². The van der Waals surface area contributed by atoms with Crippen LogP contribution >= 0.6 is 11.8 Å². The SMILES string of the molecule is CCCCCn1cnnc1SCC(=O)Nc1cc(NC(C)=O)ccc1OC. The summed E-state index contributed by atoms with van der Waals surface area (Å²) in [5, 5.41) is 14.2. The topological polar surface area (TPSA) is 98.1 Å². The van der Waals surface area contributed by atoms with E-state index in [0.29, 0.717) is 17.1 Å². The Morgan fingerprint density at radius 2 is 2.07 bits per heavy atom. The van der Waals surface area contributed by atoms with Gasteiger partial charge in [-0.05, 0) is 24.6 Å². The van der Waals surface area contributed by atoms with Gasteiger partial charge in [0.05, 0.1) is 18.6 Å². The Balaban J connectivity index is 1.96. The number of anilines is 2. The summed E-state index contributed by atoms with van der Waals surface area (Å²) >= 11 is 1.33. The number of thioether (sulfide) groups is 1. The number of hydrogen-bond acceptors (Lipinski definition) is 6. The van der Waals surface area contributed by atoms with Crippen LogP contribution in [0.2, 0.25) is 0 Å². The summed E-state index contributed by atoms with van der Waals surface area (Å²) in [4.78, 5) is 23.6. The Kier molecular flexibility index (Phi) is 8.12. The van der Waals surface area contributed by atoms with E-state index in [1.807, 2.05) is 4.57 Å². The van der Waals surface area contributed by atoms with Crippen LogP contribution in [0.4, 0.5) is 11.4 Å². The van der Waals surface area contributed by atoms with Gasteiger partial charge in [-0.1, -0.05) is 31.5 Å². The molecular weight excluding hydrogens is 366 g/mol.